The lowest BCUT2D eigenvalue weighted by atomic mass is 10.1. The van der Waals surface area contributed by atoms with Crippen molar-refractivity contribution in [3.63, 3.8) is 0 Å². The van der Waals surface area contributed by atoms with Crippen molar-refractivity contribution in [2.75, 3.05) is 23.9 Å². The quantitative estimate of drug-likeness (QED) is 0.494. The van der Waals surface area contributed by atoms with Crippen LogP contribution in [0.5, 0.6) is 0 Å². The number of hydrogen-bond donors (Lipinski definition) is 1. The van der Waals surface area contributed by atoms with Crippen LogP contribution in [-0.2, 0) is 9.53 Å². The number of benzene rings is 3. The Labute approximate surface area is 181 Å². The first-order valence-electron chi connectivity index (χ1n) is 9.66. The molecule has 0 saturated heterocycles. The molecule has 0 bridgehead atoms. The van der Waals surface area contributed by atoms with E-state index in [-0.39, 0.29) is 5.91 Å². The second-order valence-electron chi connectivity index (χ2n) is 6.52. The number of rotatable bonds is 7. The van der Waals surface area contributed by atoms with Crippen molar-refractivity contribution in [3.8, 4) is 0 Å². The van der Waals surface area contributed by atoms with Gasteiger partial charge in [0.25, 0.3) is 0 Å². The summed E-state index contributed by atoms with van der Waals surface area (Å²) in [6, 6.07) is 26.7. The smallest absolute Gasteiger partial charge is 0.413 e. The van der Waals surface area contributed by atoms with Crippen LogP contribution in [0.15, 0.2) is 89.8 Å². The summed E-state index contributed by atoms with van der Waals surface area (Å²) in [5.74, 6) is -0.110. The van der Waals surface area contributed by atoms with Crippen LogP contribution in [0, 0.1) is 0 Å². The first-order chi connectivity index (χ1) is 14.6. The van der Waals surface area contributed by atoms with Gasteiger partial charge in [-0.25, -0.2) is 4.79 Å². The zero-order valence-electron chi connectivity index (χ0n) is 16.9. The molecule has 0 fully saturated rings. The molecule has 1 atom stereocenters. The summed E-state index contributed by atoms with van der Waals surface area (Å²) >= 11 is 1.51. The van der Waals surface area contributed by atoms with Crippen molar-refractivity contribution in [1.82, 2.24) is 0 Å². The summed E-state index contributed by atoms with van der Waals surface area (Å²) in [7, 11) is 1.65. The molecule has 154 valence electrons. The third-order valence-corrected chi connectivity index (χ3v) is 5.67. The molecule has 1 N–H and O–H groups in total. The Morgan fingerprint density at radius 3 is 2.13 bits per heavy atom. The normalized spacial score (nSPS) is 11.4. The van der Waals surface area contributed by atoms with Gasteiger partial charge in [0, 0.05) is 23.3 Å². The molecule has 0 saturated carbocycles. The lowest BCUT2D eigenvalue weighted by Crippen LogP contribution is -2.27. The van der Waals surface area contributed by atoms with Crippen LogP contribution in [0.3, 0.4) is 0 Å². The van der Waals surface area contributed by atoms with Crippen LogP contribution < -0.4 is 10.2 Å². The molecule has 0 heterocycles. The Morgan fingerprint density at radius 2 is 1.53 bits per heavy atom. The van der Waals surface area contributed by atoms with Gasteiger partial charge in [-0.15, -0.1) is 11.8 Å². The van der Waals surface area contributed by atoms with Crippen molar-refractivity contribution in [1.29, 1.82) is 0 Å². The molecule has 0 radical (unpaired) electrons. The molecule has 1 unspecified atom stereocenters. The molecule has 30 heavy (non-hydrogen) atoms. The van der Waals surface area contributed by atoms with Gasteiger partial charge in [-0.3, -0.25) is 9.69 Å². The van der Waals surface area contributed by atoms with E-state index in [1.54, 1.807) is 38.2 Å². The molecular weight excluding hydrogens is 396 g/mol. The van der Waals surface area contributed by atoms with E-state index >= 15 is 0 Å². The molecule has 0 aliphatic rings. The maximum Gasteiger partial charge on any atom is 0.413 e. The third-order valence-electron chi connectivity index (χ3n) is 4.40. The number of nitrogens with zero attached hydrogens (tertiary/aromatic N) is 1. The summed E-state index contributed by atoms with van der Waals surface area (Å²) in [5, 5.41) is 2.59. The first kappa shape index (κ1) is 21.5. The fourth-order valence-electron chi connectivity index (χ4n) is 2.84. The Hall–Kier alpha value is -3.25. The van der Waals surface area contributed by atoms with Crippen molar-refractivity contribution in [3.05, 3.63) is 90.5 Å². The summed E-state index contributed by atoms with van der Waals surface area (Å²) < 4.78 is 5.00. The average molecular weight is 421 g/mol. The maximum atomic E-state index is 13.1. The van der Waals surface area contributed by atoms with Crippen LogP contribution in [0.25, 0.3) is 0 Å². The molecule has 2 amide bonds. The van der Waals surface area contributed by atoms with E-state index in [2.05, 4.69) is 5.32 Å². The van der Waals surface area contributed by atoms with Gasteiger partial charge < -0.3 is 10.1 Å². The number of amides is 2. The molecule has 3 aromatic rings. The fourth-order valence-corrected chi connectivity index (χ4v) is 3.88. The van der Waals surface area contributed by atoms with E-state index in [9.17, 15) is 9.59 Å². The summed E-state index contributed by atoms with van der Waals surface area (Å²) in [6.45, 7) is 2.08. The van der Waals surface area contributed by atoms with Gasteiger partial charge in [-0.2, -0.15) is 0 Å². The van der Waals surface area contributed by atoms with Gasteiger partial charge >= 0.3 is 6.09 Å². The summed E-state index contributed by atoms with van der Waals surface area (Å²) in [6.07, 6.45) is -0.419. The number of nitrogens with one attached hydrogen (secondary N) is 1. The Balaban J connectivity index is 1.74. The standard InChI is InChI=1S/C24H24N2O3S/c1-3-29-24(28)26(2)20-16-14-19(15-17-20)25-23(27)22(18-10-6-4-7-11-18)30-21-12-8-5-9-13-21/h4-17,22H,3H2,1-2H3,(H,25,27). The van der Waals surface area contributed by atoms with Gasteiger partial charge in [0.15, 0.2) is 0 Å². The fraction of sp³-hybridized carbons (Fsp3) is 0.167. The monoisotopic (exact) mass is 420 g/mol. The lowest BCUT2D eigenvalue weighted by molar-refractivity contribution is -0.115. The second kappa shape index (κ2) is 10.5. The molecule has 3 rings (SSSR count). The van der Waals surface area contributed by atoms with Gasteiger partial charge in [-0.05, 0) is 48.9 Å². The Kier molecular flexibility index (Phi) is 7.51. The van der Waals surface area contributed by atoms with Crippen LogP contribution in [-0.4, -0.2) is 25.7 Å². The summed E-state index contributed by atoms with van der Waals surface area (Å²) in [4.78, 5) is 27.4. The van der Waals surface area contributed by atoms with Gasteiger partial charge in [0.1, 0.15) is 5.25 Å². The minimum Gasteiger partial charge on any atom is -0.449 e. The third kappa shape index (κ3) is 5.64. The van der Waals surface area contributed by atoms with Crippen molar-refractivity contribution in [2.45, 2.75) is 17.1 Å². The van der Waals surface area contributed by atoms with Crippen LogP contribution in [0.2, 0.25) is 0 Å². The van der Waals surface area contributed by atoms with E-state index in [4.69, 9.17) is 4.74 Å². The van der Waals surface area contributed by atoms with E-state index in [1.165, 1.54) is 16.7 Å². The zero-order chi connectivity index (χ0) is 21.3. The molecule has 0 aromatic heterocycles. The number of carbonyl (C=O) groups excluding carboxylic acids is 2. The average Bonchev–Trinajstić information content (AvgIpc) is 2.79. The first-order valence-corrected chi connectivity index (χ1v) is 10.5. The predicted octanol–water partition coefficient (Wildman–Crippen LogP) is 5.75. The number of ether oxygens (including phenoxy) is 1. The highest BCUT2D eigenvalue weighted by Gasteiger charge is 2.22. The highest BCUT2D eigenvalue weighted by Crippen LogP contribution is 2.36. The lowest BCUT2D eigenvalue weighted by Gasteiger charge is -2.19. The molecule has 3 aromatic carbocycles. The molecule has 0 spiro atoms. The maximum absolute atomic E-state index is 13.1. The Bertz CT molecular complexity index is 963. The minimum atomic E-state index is -0.419. The molecule has 5 nitrogen and oxygen atoms in total. The SMILES string of the molecule is CCOC(=O)N(C)c1ccc(NC(=O)C(Sc2ccccc2)c2ccccc2)cc1. The van der Waals surface area contributed by atoms with Crippen molar-refractivity contribution >= 4 is 35.1 Å². The van der Waals surface area contributed by atoms with Crippen LogP contribution >= 0.6 is 11.8 Å². The van der Waals surface area contributed by atoms with Crippen molar-refractivity contribution < 1.29 is 14.3 Å². The Morgan fingerprint density at radius 1 is 0.933 bits per heavy atom. The predicted molar refractivity (Wildman–Crippen MR) is 122 cm³/mol. The molecule has 0 aliphatic heterocycles. The summed E-state index contributed by atoms with van der Waals surface area (Å²) in [5.41, 5.74) is 2.28. The van der Waals surface area contributed by atoms with E-state index in [1.807, 2.05) is 60.7 Å². The zero-order valence-corrected chi connectivity index (χ0v) is 17.8. The topological polar surface area (TPSA) is 58.6 Å². The van der Waals surface area contributed by atoms with Gasteiger partial charge in [0.05, 0.1) is 6.61 Å². The number of hydrogen-bond acceptors (Lipinski definition) is 4. The largest absolute Gasteiger partial charge is 0.449 e. The van der Waals surface area contributed by atoms with E-state index < -0.39 is 11.3 Å². The highest BCUT2D eigenvalue weighted by molar-refractivity contribution is 8.00. The highest BCUT2D eigenvalue weighted by atomic mass is 32.2. The number of anilines is 2. The van der Waals surface area contributed by atoms with Crippen LogP contribution in [0.1, 0.15) is 17.7 Å². The second-order valence-corrected chi connectivity index (χ2v) is 7.69. The van der Waals surface area contributed by atoms with Crippen LogP contribution in [0.4, 0.5) is 16.2 Å². The van der Waals surface area contributed by atoms with Gasteiger partial charge in [-0.1, -0.05) is 48.5 Å². The molecule has 0 aliphatic carbocycles. The van der Waals surface area contributed by atoms with Gasteiger partial charge in [0.2, 0.25) is 5.91 Å². The molecular formula is C24H24N2O3S. The number of thioether (sulfide) groups is 1. The van der Waals surface area contributed by atoms with E-state index in [0.717, 1.165) is 10.5 Å². The minimum absolute atomic E-state index is 0.110. The van der Waals surface area contributed by atoms with E-state index in [0.29, 0.717) is 18.0 Å². The molecule has 6 heteroatoms. The number of carbonyl (C=O) groups is 2. The van der Waals surface area contributed by atoms with Crippen molar-refractivity contribution in [2.24, 2.45) is 0 Å².